The number of hydrogen-bond acceptors (Lipinski definition) is 4. The molecular weight excluding hydrogens is 296 g/mol. The van der Waals surface area contributed by atoms with Gasteiger partial charge in [-0.25, -0.2) is 0 Å². The van der Waals surface area contributed by atoms with E-state index in [9.17, 15) is 4.79 Å². The third-order valence-electron chi connectivity index (χ3n) is 5.24. The van der Waals surface area contributed by atoms with Crippen molar-refractivity contribution in [3.8, 4) is 0 Å². The third kappa shape index (κ3) is 3.36. The van der Waals surface area contributed by atoms with Crippen LogP contribution >= 0.6 is 11.3 Å². The van der Waals surface area contributed by atoms with Crippen LogP contribution in [0.1, 0.15) is 31.1 Å². The first-order valence-corrected chi connectivity index (χ1v) is 9.14. The molecule has 2 aliphatic heterocycles. The van der Waals surface area contributed by atoms with Crippen molar-refractivity contribution in [3.63, 3.8) is 0 Å². The summed E-state index contributed by atoms with van der Waals surface area (Å²) < 4.78 is 6.17. The molecule has 3 heterocycles. The number of nitrogens with zero attached hydrogens (tertiary/aromatic N) is 2. The van der Waals surface area contributed by atoms with Crippen LogP contribution in [-0.2, 0) is 16.0 Å². The Morgan fingerprint density at radius 3 is 2.91 bits per heavy atom. The monoisotopic (exact) mass is 322 g/mol. The summed E-state index contributed by atoms with van der Waals surface area (Å²) in [6.45, 7) is 5.78. The Labute approximate surface area is 137 Å². The van der Waals surface area contributed by atoms with Gasteiger partial charge in [-0.1, -0.05) is 13.0 Å². The number of piperidine rings is 1. The van der Waals surface area contributed by atoms with Crippen molar-refractivity contribution >= 4 is 17.2 Å². The fraction of sp³-hybridized carbons (Fsp3) is 0.706. The van der Waals surface area contributed by atoms with Gasteiger partial charge in [-0.2, -0.15) is 0 Å². The smallest absolute Gasteiger partial charge is 0.227 e. The fourth-order valence-electron chi connectivity index (χ4n) is 3.55. The summed E-state index contributed by atoms with van der Waals surface area (Å²) in [7, 11) is 2.17. The number of rotatable bonds is 4. The van der Waals surface area contributed by atoms with Crippen LogP contribution in [0.2, 0.25) is 0 Å². The summed E-state index contributed by atoms with van der Waals surface area (Å²) in [5.74, 6) is 0.262. The number of amides is 1. The molecule has 0 bridgehead atoms. The van der Waals surface area contributed by atoms with Gasteiger partial charge in [-0.3, -0.25) is 4.79 Å². The van der Waals surface area contributed by atoms with Crippen molar-refractivity contribution in [1.29, 1.82) is 0 Å². The summed E-state index contributed by atoms with van der Waals surface area (Å²) in [6.07, 6.45) is 3.63. The van der Waals surface area contributed by atoms with Crippen LogP contribution in [-0.4, -0.2) is 60.6 Å². The molecule has 0 aliphatic carbocycles. The Kier molecular flexibility index (Phi) is 4.85. The van der Waals surface area contributed by atoms with Gasteiger partial charge < -0.3 is 14.5 Å². The topological polar surface area (TPSA) is 32.8 Å². The molecule has 2 aliphatic rings. The highest BCUT2D eigenvalue weighted by Crippen LogP contribution is 2.37. The lowest BCUT2D eigenvalue weighted by Crippen LogP contribution is -2.47. The zero-order chi connectivity index (χ0) is 15.6. The van der Waals surface area contributed by atoms with E-state index in [0.29, 0.717) is 12.5 Å². The van der Waals surface area contributed by atoms with Gasteiger partial charge in [0.2, 0.25) is 5.91 Å². The molecule has 0 saturated carbocycles. The van der Waals surface area contributed by atoms with Gasteiger partial charge in [0.15, 0.2) is 0 Å². The Morgan fingerprint density at radius 2 is 2.27 bits per heavy atom. The molecule has 0 radical (unpaired) electrons. The molecule has 2 saturated heterocycles. The molecular formula is C17H26N2O2S. The van der Waals surface area contributed by atoms with E-state index in [0.717, 1.165) is 50.4 Å². The zero-order valence-corrected chi connectivity index (χ0v) is 14.4. The predicted octanol–water partition coefficient (Wildman–Crippen LogP) is 2.39. The number of hydrogen-bond donors (Lipinski definition) is 0. The van der Waals surface area contributed by atoms with Gasteiger partial charge in [0.25, 0.3) is 0 Å². The highest BCUT2D eigenvalue weighted by molar-refractivity contribution is 7.10. The van der Waals surface area contributed by atoms with Crippen molar-refractivity contribution < 1.29 is 9.53 Å². The largest absolute Gasteiger partial charge is 0.373 e. The van der Waals surface area contributed by atoms with Crippen molar-refractivity contribution in [3.05, 3.63) is 22.4 Å². The Hall–Kier alpha value is -0.910. The molecule has 0 N–H and O–H groups in total. The van der Waals surface area contributed by atoms with Gasteiger partial charge >= 0.3 is 0 Å². The minimum Gasteiger partial charge on any atom is -0.373 e. The first-order chi connectivity index (χ1) is 10.6. The number of ether oxygens (including phenoxy) is 1. The quantitative estimate of drug-likeness (QED) is 0.853. The maximum absolute atomic E-state index is 12.4. The molecule has 122 valence electrons. The number of likely N-dealkylation sites (N-methyl/N-ethyl adjacent to an activating group) is 1. The van der Waals surface area contributed by atoms with Crippen LogP contribution in [0, 0.1) is 0 Å². The van der Waals surface area contributed by atoms with Crippen LogP contribution in [0.5, 0.6) is 0 Å². The highest BCUT2D eigenvalue weighted by atomic mass is 32.1. The normalized spacial score (nSPS) is 24.3. The van der Waals surface area contributed by atoms with E-state index in [-0.39, 0.29) is 11.5 Å². The third-order valence-corrected chi connectivity index (χ3v) is 6.12. The molecule has 2 fully saturated rings. The summed E-state index contributed by atoms with van der Waals surface area (Å²) in [6, 6.07) is 4.59. The van der Waals surface area contributed by atoms with Crippen molar-refractivity contribution in [2.24, 2.45) is 0 Å². The maximum atomic E-state index is 12.4. The molecule has 1 aromatic heterocycles. The highest BCUT2D eigenvalue weighted by Gasteiger charge is 2.44. The van der Waals surface area contributed by atoms with Gasteiger partial charge in [-0.05, 0) is 44.3 Å². The van der Waals surface area contributed by atoms with E-state index >= 15 is 0 Å². The first-order valence-electron chi connectivity index (χ1n) is 8.26. The summed E-state index contributed by atoms with van der Waals surface area (Å²) in [5, 5.41) is 2.03. The lowest BCUT2D eigenvalue weighted by Gasteiger charge is -2.39. The lowest BCUT2D eigenvalue weighted by molar-refractivity contribution is -0.135. The Balaban J connectivity index is 1.51. The second kappa shape index (κ2) is 6.69. The Bertz CT molecular complexity index is 495. The van der Waals surface area contributed by atoms with E-state index in [1.807, 2.05) is 22.4 Å². The molecule has 1 spiro atoms. The molecule has 1 amide bonds. The standard InChI is InChI=1S/C17H26N2O2S/c1-3-18(2)14-12-17(21-13-14)6-8-19(9-7-17)16(20)11-15-5-4-10-22-15/h4-5,10,14H,3,6-9,11-13H2,1-2H3. The van der Waals surface area contributed by atoms with E-state index in [2.05, 4.69) is 18.9 Å². The van der Waals surface area contributed by atoms with Crippen LogP contribution < -0.4 is 0 Å². The molecule has 3 rings (SSSR count). The van der Waals surface area contributed by atoms with Crippen molar-refractivity contribution in [1.82, 2.24) is 9.80 Å². The summed E-state index contributed by atoms with van der Waals surface area (Å²) in [4.78, 5) is 17.9. The van der Waals surface area contributed by atoms with Gasteiger partial charge in [-0.15, -0.1) is 11.3 Å². The zero-order valence-electron chi connectivity index (χ0n) is 13.6. The van der Waals surface area contributed by atoms with Crippen LogP contribution in [0.25, 0.3) is 0 Å². The van der Waals surface area contributed by atoms with Gasteiger partial charge in [0.1, 0.15) is 0 Å². The van der Waals surface area contributed by atoms with E-state index < -0.39 is 0 Å². The fourth-order valence-corrected chi connectivity index (χ4v) is 4.24. The van der Waals surface area contributed by atoms with Crippen LogP contribution in [0.15, 0.2) is 17.5 Å². The van der Waals surface area contributed by atoms with E-state index in [1.54, 1.807) is 11.3 Å². The average Bonchev–Trinajstić information content (AvgIpc) is 3.18. The average molecular weight is 322 g/mol. The second-order valence-corrected chi connectivity index (χ2v) is 7.59. The molecule has 5 heteroatoms. The minimum atomic E-state index is 0.0216. The molecule has 0 aromatic carbocycles. The van der Waals surface area contributed by atoms with Crippen LogP contribution in [0.3, 0.4) is 0 Å². The van der Waals surface area contributed by atoms with Gasteiger partial charge in [0.05, 0.1) is 18.6 Å². The predicted molar refractivity (Wildman–Crippen MR) is 89.2 cm³/mol. The molecule has 4 nitrogen and oxygen atoms in total. The van der Waals surface area contributed by atoms with E-state index in [4.69, 9.17) is 4.74 Å². The number of likely N-dealkylation sites (tertiary alicyclic amines) is 1. The van der Waals surface area contributed by atoms with Crippen LogP contribution in [0.4, 0.5) is 0 Å². The number of thiophene rings is 1. The second-order valence-electron chi connectivity index (χ2n) is 6.56. The number of carbonyl (C=O) groups is 1. The van der Waals surface area contributed by atoms with Crippen molar-refractivity contribution in [2.75, 3.05) is 33.3 Å². The maximum Gasteiger partial charge on any atom is 0.227 e. The molecule has 22 heavy (non-hydrogen) atoms. The minimum absolute atomic E-state index is 0.0216. The first kappa shape index (κ1) is 16.0. The molecule has 1 unspecified atom stereocenters. The van der Waals surface area contributed by atoms with Gasteiger partial charge in [0, 0.05) is 24.0 Å². The molecule has 1 atom stereocenters. The molecule has 1 aromatic rings. The number of carbonyl (C=O) groups excluding carboxylic acids is 1. The summed E-state index contributed by atoms with van der Waals surface area (Å²) in [5.41, 5.74) is 0.0216. The SMILES string of the molecule is CCN(C)C1COC2(CCN(C(=O)Cc3cccs3)CC2)C1. The summed E-state index contributed by atoms with van der Waals surface area (Å²) >= 11 is 1.66. The lowest BCUT2D eigenvalue weighted by atomic mass is 9.87. The van der Waals surface area contributed by atoms with Crippen molar-refractivity contribution in [2.45, 2.75) is 44.2 Å². The van der Waals surface area contributed by atoms with E-state index in [1.165, 1.54) is 0 Å². The Morgan fingerprint density at radius 1 is 1.50 bits per heavy atom.